The van der Waals surface area contributed by atoms with Gasteiger partial charge in [0.2, 0.25) is 0 Å². The Morgan fingerprint density at radius 2 is 1.94 bits per heavy atom. The molecule has 0 aliphatic carbocycles. The van der Waals surface area contributed by atoms with E-state index in [1.165, 1.54) is 6.08 Å². The summed E-state index contributed by atoms with van der Waals surface area (Å²) < 4.78 is 5.03. The summed E-state index contributed by atoms with van der Waals surface area (Å²) in [7, 11) is 1.62. The average Bonchev–Trinajstić information content (AvgIpc) is 2.26. The van der Waals surface area contributed by atoms with Gasteiger partial charge in [0, 0.05) is 6.08 Å². The molecule has 0 fully saturated rings. The third-order valence-electron chi connectivity index (χ3n) is 2.01. The summed E-state index contributed by atoms with van der Waals surface area (Å²) in [5.41, 5.74) is 1.70. The first kappa shape index (κ1) is 12.0. The molecule has 84 valence electrons. The van der Waals surface area contributed by atoms with Crippen LogP contribution in [0.1, 0.15) is 12.5 Å². The number of hydrogen-bond donors (Lipinski definition) is 1. The number of carboxylic acid groups (broad SMARTS) is 1. The van der Waals surface area contributed by atoms with Crippen LogP contribution in [0.2, 0.25) is 0 Å². The third kappa shape index (κ3) is 4.00. The van der Waals surface area contributed by atoms with Gasteiger partial charge in [-0.05, 0) is 30.2 Å². The summed E-state index contributed by atoms with van der Waals surface area (Å²) in [5, 5.41) is 8.52. The van der Waals surface area contributed by atoms with Crippen molar-refractivity contribution in [3.63, 3.8) is 0 Å². The average molecular weight is 218 g/mol. The first-order chi connectivity index (χ1) is 7.61. The monoisotopic (exact) mass is 218 g/mol. The quantitative estimate of drug-likeness (QED) is 0.624. The summed E-state index contributed by atoms with van der Waals surface area (Å²) in [4.78, 5) is 10.4. The van der Waals surface area contributed by atoms with Gasteiger partial charge in [-0.25, -0.2) is 4.79 Å². The second-order valence-corrected chi connectivity index (χ2v) is 3.33. The van der Waals surface area contributed by atoms with Crippen LogP contribution in [-0.4, -0.2) is 18.2 Å². The molecule has 0 heterocycles. The largest absolute Gasteiger partial charge is 0.497 e. The Morgan fingerprint density at radius 1 is 1.31 bits per heavy atom. The number of rotatable bonds is 4. The van der Waals surface area contributed by atoms with Crippen molar-refractivity contribution in [2.75, 3.05) is 7.11 Å². The lowest BCUT2D eigenvalue weighted by Crippen LogP contribution is -1.87. The van der Waals surface area contributed by atoms with Crippen molar-refractivity contribution in [2.24, 2.45) is 0 Å². The van der Waals surface area contributed by atoms with E-state index in [4.69, 9.17) is 9.84 Å². The van der Waals surface area contributed by atoms with Crippen molar-refractivity contribution in [1.29, 1.82) is 0 Å². The van der Waals surface area contributed by atoms with Gasteiger partial charge in [-0.15, -0.1) is 0 Å². The van der Waals surface area contributed by atoms with E-state index < -0.39 is 5.97 Å². The maximum Gasteiger partial charge on any atom is 0.328 e. The lowest BCUT2D eigenvalue weighted by molar-refractivity contribution is -0.131. The molecule has 1 aromatic carbocycles. The molecule has 0 amide bonds. The topological polar surface area (TPSA) is 46.5 Å². The SMILES string of the molecule is COc1ccc(C=CC(C)=CC(=O)O)cc1. The zero-order chi connectivity index (χ0) is 12.0. The molecule has 0 saturated carbocycles. The van der Waals surface area contributed by atoms with Crippen LogP contribution in [0.25, 0.3) is 6.08 Å². The molecule has 0 bridgehead atoms. The van der Waals surface area contributed by atoms with Gasteiger partial charge in [0.1, 0.15) is 5.75 Å². The van der Waals surface area contributed by atoms with Crippen LogP contribution in [0.15, 0.2) is 42.0 Å². The van der Waals surface area contributed by atoms with Crippen molar-refractivity contribution in [3.05, 3.63) is 47.6 Å². The lowest BCUT2D eigenvalue weighted by Gasteiger charge is -1.99. The minimum absolute atomic E-state index is 0.698. The number of benzene rings is 1. The minimum Gasteiger partial charge on any atom is -0.497 e. The fraction of sp³-hybridized carbons (Fsp3) is 0.154. The van der Waals surface area contributed by atoms with Gasteiger partial charge < -0.3 is 9.84 Å². The predicted octanol–water partition coefficient (Wildman–Crippen LogP) is 2.74. The molecule has 1 aromatic rings. The third-order valence-corrected chi connectivity index (χ3v) is 2.01. The standard InChI is InChI=1S/C13H14O3/c1-10(9-13(14)15)3-4-11-5-7-12(16-2)8-6-11/h3-9H,1-2H3,(H,14,15). The van der Waals surface area contributed by atoms with Gasteiger partial charge in [-0.3, -0.25) is 0 Å². The molecular weight excluding hydrogens is 204 g/mol. The zero-order valence-electron chi connectivity index (χ0n) is 9.31. The van der Waals surface area contributed by atoms with Crippen molar-refractivity contribution in [1.82, 2.24) is 0 Å². The highest BCUT2D eigenvalue weighted by atomic mass is 16.5. The lowest BCUT2D eigenvalue weighted by atomic mass is 10.1. The summed E-state index contributed by atoms with van der Waals surface area (Å²) in [6, 6.07) is 7.53. The number of carbonyl (C=O) groups is 1. The van der Waals surface area contributed by atoms with Crippen LogP contribution >= 0.6 is 0 Å². The number of ether oxygens (including phenoxy) is 1. The summed E-state index contributed by atoms with van der Waals surface area (Å²) >= 11 is 0. The van der Waals surface area contributed by atoms with E-state index >= 15 is 0 Å². The Morgan fingerprint density at radius 3 is 2.44 bits per heavy atom. The molecule has 3 nitrogen and oxygen atoms in total. The molecule has 3 heteroatoms. The Balaban J connectivity index is 2.72. The Kier molecular flexibility index (Phi) is 4.33. The van der Waals surface area contributed by atoms with Crippen LogP contribution in [0.3, 0.4) is 0 Å². The maximum atomic E-state index is 10.4. The summed E-state index contributed by atoms with van der Waals surface area (Å²) in [6.45, 7) is 1.74. The Labute approximate surface area is 94.7 Å². The van der Waals surface area contributed by atoms with Crippen LogP contribution in [0.4, 0.5) is 0 Å². The number of methoxy groups -OCH3 is 1. The summed E-state index contributed by atoms with van der Waals surface area (Å²) in [6.07, 6.45) is 4.78. The van der Waals surface area contributed by atoms with Crippen LogP contribution < -0.4 is 4.74 Å². The number of hydrogen-bond acceptors (Lipinski definition) is 2. The Hall–Kier alpha value is -2.03. The predicted molar refractivity (Wildman–Crippen MR) is 63.4 cm³/mol. The normalized spacial score (nSPS) is 11.8. The fourth-order valence-corrected chi connectivity index (χ4v) is 1.19. The smallest absolute Gasteiger partial charge is 0.328 e. The molecule has 0 saturated heterocycles. The van der Waals surface area contributed by atoms with Gasteiger partial charge >= 0.3 is 5.97 Å². The number of carboxylic acids is 1. The molecule has 16 heavy (non-hydrogen) atoms. The van der Waals surface area contributed by atoms with E-state index in [1.54, 1.807) is 20.1 Å². The molecule has 0 unspecified atom stereocenters. The number of aliphatic carboxylic acids is 1. The minimum atomic E-state index is -0.933. The van der Waals surface area contributed by atoms with E-state index in [0.717, 1.165) is 11.3 Å². The van der Waals surface area contributed by atoms with Gasteiger partial charge in [0.25, 0.3) is 0 Å². The summed E-state index contributed by atoms with van der Waals surface area (Å²) in [5.74, 6) is -0.133. The molecule has 0 radical (unpaired) electrons. The molecule has 0 spiro atoms. The molecule has 0 aliphatic heterocycles. The molecule has 1 N–H and O–H groups in total. The highest BCUT2D eigenvalue weighted by molar-refractivity contribution is 5.81. The van der Waals surface area contributed by atoms with Crippen molar-refractivity contribution in [2.45, 2.75) is 6.92 Å². The molecular formula is C13H14O3. The van der Waals surface area contributed by atoms with Crippen LogP contribution in [-0.2, 0) is 4.79 Å². The van der Waals surface area contributed by atoms with Crippen LogP contribution in [0, 0.1) is 0 Å². The maximum absolute atomic E-state index is 10.4. The second kappa shape index (κ2) is 5.75. The Bertz CT molecular complexity index is 413. The van der Waals surface area contributed by atoms with Crippen molar-refractivity contribution >= 4 is 12.0 Å². The molecule has 0 aliphatic rings. The molecule has 1 rings (SSSR count). The number of allylic oxidation sites excluding steroid dienone is 2. The van der Waals surface area contributed by atoms with Crippen molar-refractivity contribution < 1.29 is 14.6 Å². The van der Waals surface area contributed by atoms with E-state index in [1.807, 2.05) is 30.3 Å². The highest BCUT2D eigenvalue weighted by Crippen LogP contribution is 2.12. The van der Waals surface area contributed by atoms with Crippen LogP contribution in [0.5, 0.6) is 5.75 Å². The van der Waals surface area contributed by atoms with E-state index in [2.05, 4.69) is 0 Å². The second-order valence-electron chi connectivity index (χ2n) is 3.33. The van der Waals surface area contributed by atoms with E-state index in [-0.39, 0.29) is 0 Å². The highest BCUT2D eigenvalue weighted by Gasteiger charge is 1.91. The molecule has 0 aromatic heterocycles. The molecule has 0 atom stereocenters. The van der Waals surface area contributed by atoms with E-state index in [0.29, 0.717) is 5.57 Å². The first-order valence-electron chi connectivity index (χ1n) is 4.85. The van der Waals surface area contributed by atoms with Gasteiger partial charge in [0.05, 0.1) is 7.11 Å². The van der Waals surface area contributed by atoms with Gasteiger partial charge in [-0.1, -0.05) is 24.3 Å². The first-order valence-corrected chi connectivity index (χ1v) is 4.85. The van der Waals surface area contributed by atoms with Gasteiger partial charge in [-0.2, -0.15) is 0 Å². The zero-order valence-corrected chi connectivity index (χ0v) is 9.31. The van der Waals surface area contributed by atoms with Gasteiger partial charge in [0.15, 0.2) is 0 Å². The fourth-order valence-electron chi connectivity index (χ4n) is 1.19. The van der Waals surface area contributed by atoms with Crippen molar-refractivity contribution in [3.8, 4) is 5.75 Å². The van der Waals surface area contributed by atoms with E-state index in [9.17, 15) is 4.79 Å².